The van der Waals surface area contributed by atoms with E-state index >= 15 is 0 Å². The van der Waals surface area contributed by atoms with Gasteiger partial charge in [0, 0.05) is 0 Å². The molecule has 0 saturated carbocycles. The molecule has 0 spiro atoms. The van der Waals surface area contributed by atoms with Gasteiger partial charge in [-0.15, -0.1) is 0 Å². The van der Waals surface area contributed by atoms with Crippen molar-refractivity contribution >= 4 is 32.7 Å². The summed E-state index contributed by atoms with van der Waals surface area (Å²) in [5.74, 6) is -0.0512. The molecule has 0 bridgehead atoms. The molecule has 2 aromatic heterocycles. The summed E-state index contributed by atoms with van der Waals surface area (Å²) in [6, 6.07) is 9.06. The predicted molar refractivity (Wildman–Crippen MR) is 69.4 cm³/mol. The van der Waals surface area contributed by atoms with Gasteiger partial charge in [-0.25, -0.2) is 4.98 Å². The van der Waals surface area contributed by atoms with E-state index in [0.29, 0.717) is 9.99 Å². The molecule has 0 saturated heterocycles. The van der Waals surface area contributed by atoms with Gasteiger partial charge in [-0.1, -0.05) is 12.1 Å². The van der Waals surface area contributed by atoms with Gasteiger partial charge in [-0.05, 0) is 34.1 Å². The summed E-state index contributed by atoms with van der Waals surface area (Å²) in [5.41, 5.74) is 1.71. The highest BCUT2D eigenvalue weighted by Crippen LogP contribution is 2.20. The van der Waals surface area contributed by atoms with E-state index in [1.807, 2.05) is 24.3 Å². The fourth-order valence-electron chi connectivity index (χ4n) is 1.64. The fourth-order valence-corrected chi connectivity index (χ4v) is 2.02. The predicted octanol–water partition coefficient (Wildman–Crippen LogP) is 3.22. The molecule has 2 heterocycles. The van der Waals surface area contributed by atoms with Crippen molar-refractivity contribution < 1.29 is 9.21 Å². The number of benzene rings is 1. The number of carbonyl (C=O) groups excluding carboxylic acids is 1. The second-order valence-corrected chi connectivity index (χ2v) is 4.53. The minimum Gasteiger partial charge on any atom is -0.460 e. The first-order chi connectivity index (χ1) is 8.75. The van der Waals surface area contributed by atoms with Crippen LogP contribution in [-0.4, -0.2) is 15.8 Å². The molecular weight excluding hydrogens is 296 g/mol. The molecule has 4 nitrogen and oxygen atoms in total. The molecule has 0 aliphatic rings. The highest BCUT2D eigenvalue weighted by molar-refractivity contribution is 9.10. The lowest BCUT2D eigenvalue weighted by molar-refractivity contribution is 0.100. The smallest absolute Gasteiger partial charge is 0.249 e. The highest BCUT2D eigenvalue weighted by Gasteiger charge is 2.18. The molecule has 0 unspecified atom stereocenters. The number of fused-ring (bicyclic) bond motifs is 1. The monoisotopic (exact) mass is 302 g/mol. The summed E-state index contributed by atoms with van der Waals surface area (Å²) in [6.45, 7) is 0. The minimum atomic E-state index is -0.287. The third kappa shape index (κ3) is 1.82. The minimum absolute atomic E-state index is 0.236. The van der Waals surface area contributed by atoms with Crippen LogP contribution in [0.5, 0.6) is 0 Å². The Bertz CT molecular complexity index is 736. The number of para-hydroxylation sites is 2. The molecule has 0 fully saturated rings. The fraction of sp³-hybridized carbons (Fsp3) is 0. The van der Waals surface area contributed by atoms with Crippen LogP contribution >= 0.6 is 15.9 Å². The van der Waals surface area contributed by atoms with E-state index in [-0.39, 0.29) is 17.2 Å². The van der Waals surface area contributed by atoms with Crippen molar-refractivity contribution in [2.45, 2.75) is 0 Å². The van der Waals surface area contributed by atoms with Crippen LogP contribution in [0.15, 0.2) is 51.7 Å². The number of hydrogen-bond donors (Lipinski definition) is 0. The van der Waals surface area contributed by atoms with Crippen LogP contribution in [0.3, 0.4) is 0 Å². The Balaban J connectivity index is 2.10. The maximum Gasteiger partial charge on any atom is 0.249 e. The van der Waals surface area contributed by atoms with Crippen LogP contribution < -0.4 is 0 Å². The lowest BCUT2D eigenvalue weighted by atomic mass is 10.2. The molecule has 0 aliphatic heterocycles. The van der Waals surface area contributed by atoms with Crippen LogP contribution in [0.4, 0.5) is 0 Å². The Hall–Kier alpha value is -2.01. The number of aromatic nitrogens is 2. The van der Waals surface area contributed by atoms with Gasteiger partial charge >= 0.3 is 0 Å². The quantitative estimate of drug-likeness (QED) is 0.682. The third-order valence-electron chi connectivity index (χ3n) is 2.50. The first-order valence-electron chi connectivity index (χ1n) is 5.25. The molecule has 3 aromatic rings. The van der Waals surface area contributed by atoms with E-state index in [0.717, 1.165) is 5.52 Å². The van der Waals surface area contributed by atoms with E-state index in [2.05, 4.69) is 25.9 Å². The first kappa shape index (κ1) is 11.1. The molecule has 88 valence electrons. The normalized spacial score (nSPS) is 10.7. The molecule has 0 amide bonds. The Morgan fingerprint density at radius 3 is 2.67 bits per heavy atom. The van der Waals surface area contributed by atoms with Crippen molar-refractivity contribution in [3.63, 3.8) is 0 Å². The molecule has 0 aliphatic carbocycles. The van der Waals surface area contributed by atoms with E-state index < -0.39 is 0 Å². The number of ketones is 1. The lowest BCUT2D eigenvalue weighted by Gasteiger charge is -2.00. The molecule has 3 rings (SSSR count). The van der Waals surface area contributed by atoms with E-state index in [1.54, 1.807) is 6.07 Å². The number of rotatable bonds is 2. The van der Waals surface area contributed by atoms with Crippen molar-refractivity contribution in [2.24, 2.45) is 0 Å². The van der Waals surface area contributed by atoms with Gasteiger partial charge in [0.1, 0.15) is 5.69 Å². The van der Waals surface area contributed by atoms with E-state index in [1.165, 1.54) is 12.5 Å². The van der Waals surface area contributed by atoms with Crippen molar-refractivity contribution in [3.8, 4) is 0 Å². The van der Waals surface area contributed by atoms with E-state index in [9.17, 15) is 4.79 Å². The second kappa shape index (κ2) is 4.34. The molecule has 0 N–H and O–H groups in total. The SMILES string of the molecule is O=C(c1cnc2ccccc2n1)c1occc1Br. The lowest BCUT2D eigenvalue weighted by Crippen LogP contribution is -2.04. The number of carbonyl (C=O) groups is 1. The summed E-state index contributed by atoms with van der Waals surface area (Å²) < 4.78 is 5.74. The van der Waals surface area contributed by atoms with Gasteiger partial charge in [0.05, 0.1) is 28.0 Å². The van der Waals surface area contributed by atoms with Crippen LogP contribution in [-0.2, 0) is 0 Å². The average molecular weight is 303 g/mol. The van der Waals surface area contributed by atoms with Crippen molar-refractivity contribution in [1.82, 2.24) is 9.97 Å². The zero-order chi connectivity index (χ0) is 12.5. The van der Waals surface area contributed by atoms with Gasteiger partial charge in [0.15, 0.2) is 5.76 Å². The third-order valence-corrected chi connectivity index (χ3v) is 3.13. The maximum atomic E-state index is 12.1. The highest BCUT2D eigenvalue weighted by atomic mass is 79.9. The second-order valence-electron chi connectivity index (χ2n) is 3.67. The van der Waals surface area contributed by atoms with Crippen LogP contribution in [0, 0.1) is 0 Å². The van der Waals surface area contributed by atoms with Crippen molar-refractivity contribution in [1.29, 1.82) is 0 Å². The van der Waals surface area contributed by atoms with Crippen LogP contribution in [0.2, 0.25) is 0 Å². The first-order valence-corrected chi connectivity index (χ1v) is 6.04. The Kier molecular flexibility index (Phi) is 2.68. The molecular formula is C13H7BrN2O2. The van der Waals surface area contributed by atoms with Gasteiger partial charge in [-0.3, -0.25) is 9.78 Å². The van der Waals surface area contributed by atoms with Gasteiger partial charge in [-0.2, -0.15) is 0 Å². The van der Waals surface area contributed by atoms with E-state index in [4.69, 9.17) is 4.42 Å². The van der Waals surface area contributed by atoms with Gasteiger partial charge in [0.25, 0.3) is 0 Å². The summed E-state index contributed by atoms with van der Waals surface area (Å²) in [4.78, 5) is 20.6. The summed E-state index contributed by atoms with van der Waals surface area (Å²) in [5, 5.41) is 0. The summed E-state index contributed by atoms with van der Waals surface area (Å²) in [7, 11) is 0. The number of hydrogen-bond acceptors (Lipinski definition) is 4. The standard InChI is InChI=1S/C13H7BrN2O2/c14-8-5-6-18-13(8)12(17)11-7-15-9-3-1-2-4-10(9)16-11/h1-7H. The Morgan fingerprint density at radius 2 is 1.94 bits per heavy atom. The molecule has 0 atom stereocenters. The topological polar surface area (TPSA) is 56.0 Å². The zero-order valence-electron chi connectivity index (χ0n) is 9.13. The molecule has 0 radical (unpaired) electrons. The Labute approximate surface area is 111 Å². The maximum absolute atomic E-state index is 12.1. The van der Waals surface area contributed by atoms with Crippen molar-refractivity contribution in [2.75, 3.05) is 0 Å². The Morgan fingerprint density at radius 1 is 1.17 bits per heavy atom. The van der Waals surface area contributed by atoms with Crippen LogP contribution in [0.25, 0.3) is 11.0 Å². The molecule has 1 aromatic carbocycles. The summed E-state index contributed by atoms with van der Waals surface area (Å²) >= 11 is 3.25. The zero-order valence-corrected chi connectivity index (χ0v) is 10.7. The largest absolute Gasteiger partial charge is 0.460 e. The average Bonchev–Trinajstić information content (AvgIpc) is 2.83. The molecule has 5 heteroatoms. The number of halogens is 1. The number of furan rings is 1. The number of nitrogens with zero attached hydrogens (tertiary/aromatic N) is 2. The van der Waals surface area contributed by atoms with Crippen LogP contribution in [0.1, 0.15) is 16.2 Å². The molecule has 18 heavy (non-hydrogen) atoms. The van der Waals surface area contributed by atoms with Gasteiger partial charge < -0.3 is 4.42 Å². The van der Waals surface area contributed by atoms with Gasteiger partial charge in [0.2, 0.25) is 5.78 Å². The summed E-state index contributed by atoms with van der Waals surface area (Å²) in [6.07, 6.45) is 2.91. The van der Waals surface area contributed by atoms with Crippen molar-refractivity contribution in [3.05, 3.63) is 58.7 Å².